The van der Waals surface area contributed by atoms with Gasteiger partial charge >= 0.3 is 0 Å². The first-order chi connectivity index (χ1) is 9.38. The SMILES string of the molecule is CSc1ccccc1C=Cc1n[nH]c2ccccc12. The number of nitrogens with zero attached hydrogens (tertiary/aromatic N) is 1. The number of para-hydroxylation sites is 1. The van der Waals surface area contributed by atoms with Crippen LogP contribution < -0.4 is 0 Å². The monoisotopic (exact) mass is 266 g/mol. The van der Waals surface area contributed by atoms with Gasteiger partial charge < -0.3 is 0 Å². The average molecular weight is 266 g/mol. The van der Waals surface area contributed by atoms with Crippen molar-refractivity contribution in [3.8, 4) is 0 Å². The van der Waals surface area contributed by atoms with Crippen LogP contribution in [0, 0.1) is 0 Å². The van der Waals surface area contributed by atoms with E-state index in [4.69, 9.17) is 0 Å². The van der Waals surface area contributed by atoms with Crippen LogP contribution in [0.5, 0.6) is 0 Å². The molecule has 0 aliphatic heterocycles. The third-order valence-electron chi connectivity index (χ3n) is 3.06. The molecule has 0 aliphatic carbocycles. The number of hydrogen-bond acceptors (Lipinski definition) is 2. The van der Waals surface area contributed by atoms with Crippen LogP contribution in [0.2, 0.25) is 0 Å². The molecule has 0 bridgehead atoms. The van der Waals surface area contributed by atoms with E-state index in [1.54, 1.807) is 11.8 Å². The lowest BCUT2D eigenvalue weighted by Crippen LogP contribution is -1.78. The van der Waals surface area contributed by atoms with Crippen LogP contribution in [-0.2, 0) is 0 Å². The van der Waals surface area contributed by atoms with E-state index in [9.17, 15) is 0 Å². The van der Waals surface area contributed by atoms with Crippen LogP contribution in [0.4, 0.5) is 0 Å². The fraction of sp³-hybridized carbons (Fsp3) is 0.0625. The second-order valence-electron chi connectivity index (χ2n) is 4.23. The molecule has 3 rings (SSSR count). The van der Waals surface area contributed by atoms with Crippen LogP contribution >= 0.6 is 11.8 Å². The molecule has 0 atom stereocenters. The Morgan fingerprint density at radius 3 is 2.68 bits per heavy atom. The molecule has 3 aromatic rings. The maximum atomic E-state index is 4.35. The highest BCUT2D eigenvalue weighted by molar-refractivity contribution is 7.98. The maximum absolute atomic E-state index is 4.35. The largest absolute Gasteiger partial charge is 0.277 e. The number of rotatable bonds is 3. The van der Waals surface area contributed by atoms with Crippen LogP contribution in [0.3, 0.4) is 0 Å². The molecule has 94 valence electrons. The summed E-state index contributed by atoms with van der Waals surface area (Å²) in [5.74, 6) is 0. The molecule has 0 fully saturated rings. The summed E-state index contributed by atoms with van der Waals surface area (Å²) in [6.45, 7) is 0. The molecule has 1 heterocycles. The fourth-order valence-corrected chi connectivity index (χ4v) is 2.67. The normalized spacial score (nSPS) is 11.4. The minimum Gasteiger partial charge on any atom is -0.277 e. The van der Waals surface area contributed by atoms with Gasteiger partial charge in [0.1, 0.15) is 0 Å². The maximum Gasteiger partial charge on any atom is 0.0927 e. The second-order valence-corrected chi connectivity index (χ2v) is 5.08. The Morgan fingerprint density at radius 2 is 1.79 bits per heavy atom. The summed E-state index contributed by atoms with van der Waals surface area (Å²) in [6.07, 6.45) is 6.28. The minimum absolute atomic E-state index is 0.978. The Balaban J connectivity index is 1.98. The van der Waals surface area contributed by atoms with Gasteiger partial charge in [-0.05, 0) is 30.0 Å². The molecular formula is C16H14N2S. The molecule has 0 spiro atoms. The highest BCUT2D eigenvalue weighted by atomic mass is 32.2. The minimum atomic E-state index is 0.978. The summed E-state index contributed by atoms with van der Waals surface area (Å²) in [6, 6.07) is 16.5. The first-order valence-corrected chi connectivity index (χ1v) is 7.35. The van der Waals surface area contributed by atoms with Gasteiger partial charge in [-0.1, -0.05) is 42.5 Å². The van der Waals surface area contributed by atoms with Gasteiger partial charge in [-0.25, -0.2) is 0 Å². The van der Waals surface area contributed by atoms with Gasteiger partial charge in [-0.15, -0.1) is 11.8 Å². The highest BCUT2D eigenvalue weighted by Gasteiger charge is 2.01. The van der Waals surface area contributed by atoms with Gasteiger partial charge in [0.05, 0.1) is 11.2 Å². The van der Waals surface area contributed by atoms with Gasteiger partial charge in [-0.2, -0.15) is 5.10 Å². The Kier molecular flexibility index (Phi) is 3.38. The summed E-state index contributed by atoms with van der Waals surface area (Å²) < 4.78 is 0. The number of aromatic amines is 1. The Morgan fingerprint density at radius 1 is 1.00 bits per heavy atom. The lowest BCUT2D eigenvalue weighted by molar-refractivity contribution is 1.11. The standard InChI is InChI=1S/C16H14N2S/c1-19-16-9-5-2-6-12(16)10-11-15-13-7-3-4-8-14(13)17-18-15/h2-11H,1H3,(H,17,18). The van der Waals surface area contributed by atoms with Crippen molar-refractivity contribution in [2.45, 2.75) is 4.90 Å². The summed E-state index contributed by atoms with van der Waals surface area (Å²) >= 11 is 1.76. The van der Waals surface area contributed by atoms with Gasteiger partial charge in [0.25, 0.3) is 0 Å². The van der Waals surface area contributed by atoms with Crippen molar-refractivity contribution in [3.05, 3.63) is 59.8 Å². The molecule has 2 aromatic carbocycles. The van der Waals surface area contributed by atoms with E-state index in [-0.39, 0.29) is 0 Å². The van der Waals surface area contributed by atoms with Crippen LogP contribution in [0.1, 0.15) is 11.3 Å². The summed E-state index contributed by atoms with van der Waals surface area (Å²) in [7, 11) is 0. The van der Waals surface area contributed by atoms with Crippen LogP contribution in [0.15, 0.2) is 53.4 Å². The van der Waals surface area contributed by atoms with Crippen LogP contribution in [-0.4, -0.2) is 16.5 Å². The van der Waals surface area contributed by atoms with E-state index >= 15 is 0 Å². The van der Waals surface area contributed by atoms with Gasteiger partial charge in [-0.3, -0.25) is 5.10 Å². The Labute approximate surface area is 116 Å². The third-order valence-corrected chi connectivity index (χ3v) is 3.87. The van der Waals surface area contributed by atoms with E-state index < -0.39 is 0 Å². The molecular weight excluding hydrogens is 252 g/mol. The van der Waals surface area contributed by atoms with Gasteiger partial charge in [0.15, 0.2) is 0 Å². The first-order valence-electron chi connectivity index (χ1n) is 6.12. The molecule has 1 N–H and O–H groups in total. The number of H-pyrrole nitrogens is 1. The lowest BCUT2D eigenvalue weighted by Gasteiger charge is -2.00. The molecule has 1 aromatic heterocycles. The zero-order valence-electron chi connectivity index (χ0n) is 10.6. The van der Waals surface area contributed by atoms with E-state index in [0.29, 0.717) is 0 Å². The van der Waals surface area contributed by atoms with E-state index in [1.807, 2.05) is 18.2 Å². The smallest absolute Gasteiger partial charge is 0.0927 e. The van der Waals surface area contributed by atoms with Gasteiger partial charge in [0, 0.05) is 10.3 Å². The molecule has 0 saturated heterocycles. The third kappa shape index (κ3) is 2.42. The van der Waals surface area contributed by atoms with Crippen molar-refractivity contribution < 1.29 is 0 Å². The number of benzene rings is 2. The van der Waals surface area contributed by atoms with Crippen molar-refractivity contribution >= 4 is 34.8 Å². The number of hydrogen-bond donors (Lipinski definition) is 1. The van der Waals surface area contributed by atoms with Gasteiger partial charge in [0.2, 0.25) is 0 Å². The molecule has 0 saturated carbocycles. The summed E-state index contributed by atoms with van der Waals surface area (Å²) in [4.78, 5) is 1.28. The zero-order valence-corrected chi connectivity index (χ0v) is 11.4. The molecule has 0 unspecified atom stereocenters. The quantitative estimate of drug-likeness (QED) is 0.709. The molecule has 0 radical (unpaired) electrons. The zero-order chi connectivity index (χ0) is 13.1. The number of aromatic nitrogens is 2. The van der Waals surface area contributed by atoms with E-state index in [0.717, 1.165) is 16.6 Å². The van der Waals surface area contributed by atoms with E-state index in [2.05, 4.69) is 58.9 Å². The number of fused-ring (bicyclic) bond motifs is 1. The predicted molar refractivity (Wildman–Crippen MR) is 83.2 cm³/mol. The van der Waals surface area contributed by atoms with E-state index in [1.165, 1.54) is 10.5 Å². The molecule has 3 heteroatoms. The number of nitrogens with one attached hydrogen (secondary N) is 1. The highest BCUT2D eigenvalue weighted by Crippen LogP contribution is 2.23. The number of thioether (sulfide) groups is 1. The average Bonchev–Trinajstić information content (AvgIpc) is 2.89. The van der Waals surface area contributed by atoms with Crippen molar-refractivity contribution in [1.82, 2.24) is 10.2 Å². The predicted octanol–water partition coefficient (Wildman–Crippen LogP) is 4.46. The van der Waals surface area contributed by atoms with Crippen molar-refractivity contribution in [1.29, 1.82) is 0 Å². The molecule has 0 aliphatic rings. The molecule has 2 nitrogen and oxygen atoms in total. The Hall–Kier alpha value is -2.00. The Bertz CT molecular complexity index is 728. The lowest BCUT2D eigenvalue weighted by atomic mass is 10.1. The second kappa shape index (κ2) is 5.33. The van der Waals surface area contributed by atoms with Crippen molar-refractivity contribution in [3.63, 3.8) is 0 Å². The first kappa shape index (κ1) is 12.1. The molecule has 19 heavy (non-hydrogen) atoms. The summed E-state index contributed by atoms with van der Waals surface area (Å²) in [5.41, 5.74) is 3.27. The van der Waals surface area contributed by atoms with Crippen molar-refractivity contribution in [2.75, 3.05) is 6.26 Å². The molecule has 0 amide bonds. The van der Waals surface area contributed by atoms with Crippen molar-refractivity contribution in [2.24, 2.45) is 0 Å². The summed E-state index contributed by atoms with van der Waals surface area (Å²) in [5, 5.41) is 8.55. The topological polar surface area (TPSA) is 28.7 Å². The fourth-order valence-electron chi connectivity index (χ4n) is 2.08. The van der Waals surface area contributed by atoms with Crippen LogP contribution in [0.25, 0.3) is 23.1 Å².